The Morgan fingerprint density at radius 1 is 1.12 bits per heavy atom. The van der Waals surface area contributed by atoms with Crippen LogP contribution in [-0.4, -0.2) is 34.1 Å². The molecule has 1 aliphatic heterocycles. The minimum absolute atomic E-state index is 0.0706. The van der Waals surface area contributed by atoms with E-state index in [1.165, 1.54) is 0 Å². The molecule has 1 saturated heterocycles. The molecule has 5 heteroatoms. The fraction of sp³-hybridized carbons (Fsp3) is 0.286. The Morgan fingerprint density at radius 2 is 1.96 bits per heavy atom. The quantitative estimate of drug-likeness (QED) is 0.717. The number of hydrogen-bond donors (Lipinski definition) is 0. The van der Waals surface area contributed by atoms with Gasteiger partial charge in [0.05, 0.1) is 5.92 Å². The van der Waals surface area contributed by atoms with Gasteiger partial charge in [0.15, 0.2) is 0 Å². The molecule has 1 aromatic heterocycles. The lowest BCUT2D eigenvalue weighted by atomic mass is 9.97. The lowest BCUT2D eigenvalue weighted by molar-refractivity contribution is 0.0698. The maximum absolute atomic E-state index is 12.8. The monoisotopic (exact) mass is 347 g/mol. The Bertz CT molecular complexity index is 904. The predicted molar refractivity (Wildman–Crippen MR) is 98.8 cm³/mol. The molecule has 26 heavy (non-hydrogen) atoms. The molecule has 1 amide bonds. The molecule has 1 fully saturated rings. The molecule has 0 radical (unpaired) electrons. The number of benzene rings is 2. The van der Waals surface area contributed by atoms with E-state index in [1.807, 2.05) is 66.4 Å². The Labute approximate surface area is 152 Å². The summed E-state index contributed by atoms with van der Waals surface area (Å²) in [6, 6.07) is 17.5. The van der Waals surface area contributed by atoms with E-state index >= 15 is 0 Å². The molecular weight excluding hydrogens is 326 g/mol. The van der Waals surface area contributed by atoms with Gasteiger partial charge in [0.1, 0.15) is 0 Å². The molecule has 0 spiro atoms. The first kappa shape index (κ1) is 16.5. The van der Waals surface area contributed by atoms with Gasteiger partial charge in [-0.15, -0.1) is 10.2 Å². The third-order valence-electron chi connectivity index (χ3n) is 4.78. The van der Waals surface area contributed by atoms with Crippen molar-refractivity contribution < 1.29 is 9.21 Å². The molecule has 0 bridgehead atoms. The third kappa shape index (κ3) is 3.38. The summed E-state index contributed by atoms with van der Waals surface area (Å²) >= 11 is 0. The molecule has 2 aromatic carbocycles. The second kappa shape index (κ2) is 7.12. The van der Waals surface area contributed by atoms with Gasteiger partial charge in [-0.1, -0.05) is 35.9 Å². The number of aromatic nitrogens is 2. The molecule has 4 rings (SSSR count). The highest BCUT2D eigenvalue weighted by atomic mass is 16.4. The van der Waals surface area contributed by atoms with Crippen LogP contribution in [0.2, 0.25) is 0 Å². The second-order valence-electron chi connectivity index (χ2n) is 6.77. The fourth-order valence-electron chi connectivity index (χ4n) is 3.42. The number of carbonyl (C=O) groups is 1. The van der Waals surface area contributed by atoms with Crippen molar-refractivity contribution in [3.63, 3.8) is 0 Å². The maximum atomic E-state index is 12.8. The molecule has 5 nitrogen and oxygen atoms in total. The van der Waals surface area contributed by atoms with Crippen molar-refractivity contribution in [1.29, 1.82) is 0 Å². The van der Waals surface area contributed by atoms with Gasteiger partial charge in [0, 0.05) is 24.2 Å². The minimum atomic E-state index is 0.0706. The van der Waals surface area contributed by atoms with E-state index < -0.39 is 0 Å². The first-order valence-corrected chi connectivity index (χ1v) is 8.95. The summed E-state index contributed by atoms with van der Waals surface area (Å²) in [7, 11) is 0. The molecular formula is C21H21N3O2. The lowest BCUT2D eigenvalue weighted by Gasteiger charge is -2.31. The van der Waals surface area contributed by atoms with Crippen LogP contribution in [0.3, 0.4) is 0 Å². The molecule has 132 valence electrons. The number of nitrogens with zero attached hydrogens (tertiary/aromatic N) is 3. The number of hydrogen-bond acceptors (Lipinski definition) is 4. The van der Waals surface area contributed by atoms with Crippen LogP contribution in [-0.2, 0) is 0 Å². The summed E-state index contributed by atoms with van der Waals surface area (Å²) in [5.74, 6) is 1.30. The van der Waals surface area contributed by atoms with Crippen LogP contribution in [0.4, 0.5) is 0 Å². The normalized spacial score (nSPS) is 17.3. The van der Waals surface area contributed by atoms with Crippen molar-refractivity contribution in [2.45, 2.75) is 25.7 Å². The van der Waals surface area contributed by atoms with E-state index in [0.717, 1.165) is 36.1 Å². The smallest absolute Gasteiger partial charge is 0.253 e. The highest BCUT2D eigenvalue weighted by Crippen LogP contribution is 2.29. The molecule has 2 heterocycles. The van der Waals surface area contributed by atoms with Gasteiger partial charge in [0.2, 0.25) is 11.8 Å². The number of rotatable bonds is 3. The number of likely N-dealkylation sites (tertiary alicyclic amines) is 1. The van der Waals surface area contributed by atoms with Crippen LogP contribution >= 0.6 is 0 Å². The van der Waals surface area contributed by atoms with E-state index in [0.29, 0.717) is 18.3 Å². The van der Waals surface area contributed by atoms with Gasteiger partial charge < -0.3 is 9.32 Å². The van der Waals surface area contributed by atoms with Crippen molar-refractivity contribution >= 4 is 5.91 Å². The van der Waals surface area contributed by atoms with Crippen molar-refractivity contribution in [1.82, 2.24) is 15.1 Å². The summed E-state index contributed by atoms with van der Waals surface area (Å²) < 4.78 is 5.90. The van der Waals surface area contributed by atoms with Gasteiger partial charge in [-0.3, -0.25) is 4.79 Å². The molecule has 1 aliphatic rings. The van der Waals surface area contributed by atoms with E-state index in [-0.39, 0.29) is 11.8 Å². The molecule has 0 N–H and O–H groups in total. The van der Waals surface area contributed by atoms with Crippen LogP contribution in [0.25, 0.3) is 11.5 Å². The first-order chi connectivity index (χ1) is 12.7. The van der Waals surface area contributed by atoms with E-state index in [2.05, 4.69) is 10.2 Å². The number of aryl methyl sites for hydroxylation is 1. The van der Waals surface area contributed by atoms with Gasteiger partial charge in [0.25, 0.3) is 5.91 Å². The average molecular weight is 347 g/mol. The molecule has 3 aromatic rings. The molecule has 1 unspecified atom stereocenters. The van der Waals surface area contributed by atoms with Crippen LogP contribution in [0, 0.1) is 6.92 Å². The summed E-state index contributed by atoms with van der Waals surface area (Å²) in [5, 5.41) is 8.42. The SMILES string of the molecule is Cc1cccc(C(=O)N2CCCC(c3nnc(-c4ccccc4)o3)C2)c1. The average Bonchev–Trinajstić information content (AvgIpc) is 3.18. The van der Waals surface area contributed by atoms with Crippen LogP contribution < -0.4 is 0 Å². The minimum Gasteiger partial charge on any atom is -0.420 e. The highest BCUT2D eigenvalue weighted by Gasteiger charge is 2.29. The Morgan fingerprint density at radius 3 is 2.77 bits per heavy atom. The Hall–Kier alpha value is -2.95. The Balaban J connectivity index is 1.50. The van der Waals surface area contributed by atoms with Gasteiger partial charge >= 0.3 is 0 Å². The van der Waals surface area contributed by atoms with Crippen LogP contribution in [0.15, 0.2) is 59.0 Å². The zero-order valence-electron chi connectivity index (χ0n) is 14.8. The maximum Gasteiger partial charge on any atom is 0.253 e. The summed E-state index contributed by atoms with van der Waals surface area (Å²) in [5.41, 5.74) is 2.74. The van der Waals surface area contributed by atoms with Crippen molar-refractivity contribution in [3.8, 4) is 11.5 Å². The fourth-order valence-corrected chi connectivity index (χ4v) is 3.42. The van der Waals surface area contributed by atoms with Gasteiger partial charge in [-0.2, -0.15) is 0 Å². The molecule has 0 saturated carbocycles. The van der Waals surface area contributed by atoms with E-state index in [4.69, 9.17) is 4.42 Å². The zero-order chi connectivity index (χ0) is 17.9. The van der Waals surface area contributed by atoms with Gasteiger partial charge in [-0.25, -0.2) is 0 Å². The van der Waals surface area contributed by atoms with Crippen molar-refractivity contribution in [2.24, 2.45) is 0 Å². The topological polar surface area (TPSA) is 59.2 Å². The third-order valence-corrected chi connectivity index (χ3v) is 4.78. The summed E-state index contributed by atoms with van der Waals surface area (Å²) in [6.07, 6.45) is 1.89. The summed E-state index contributed by atoms with van der Waals surface area (Å²) in [6.45, 7) is 3.38. The first-order valence-electron chi connectivity index (χ1n) is 8.95. The Kier molecular flexibility index (Phi) is 4.52. The summed E-state index contributed by atoms with van der Waals surface area (Å²) in [4.78, 5) is 14.7. The van der Waals surface area contributed by atoms with E-state index in [9.17, 15) is 4.79 Å². The predicted octanol–water partition coefficient (Wildman–Crippen LogP) is 4.06. The molecule has 1 atom stereocenters. The number of amides is 1. The van der Waals surface area contributed by atoms with Gasteiger partial charge in [-0.05, 0) is 44.0 Å². The van der Waals surface area contributed by atoms with Crippen LogP contribution in [0.5, 0.6) is 0 Å². The largest absolute Gasteiger partial charge is 0.420 e. The molecule has 0 aliphatic carbocycles. The lowest BCUT2D eigenvalue weighted by Crippen LogP contribution is -2.39. The van der Waals surface area contributed by atoms with Crippen molar-refractivity contribution in [3.05, 3.63) is 71.6 Å². The highest BCUT2D eigenvalue weighted by molar-refractivity contribution is 5.94. The van der Waals surface area contributed by atoms with Crippen molar-refractivity contribution in [2.75, 3.05) is 13.1 Å². The standard InChI is InChI=1S/C21H21N3O2/c1-15-7-5-10-17(13-15)21(25)24-12-6-11-18(14-24)20-23-22-19(26-20)16-8-3-2-4-9-16/h2-5,7-10,13,18H,6,11-12,14H2,1H3. The second-order valence-corrected chi connectivity index (χ2v) is 6.77. The number of carbonyl (C=O) groups excluding carboxylic acids is 1. The van der Waals surface area contributed by atoms with E-state index in [1.54, 1.807) is 0 Å². The van der Waals surface area contributed by atoms with Crippen LogP contribution in [0.1, 0.15) is 40.6 Å². The number of piperidine rings is 1. The zero-order valence-corrected chi connectivity index (χ0v) is 14.8.